The molecule has 4 N–H and O–H groups in total. The number of nitro groups is 1. The summed E-state index contributed by atoms with van der Waals surface area (Å²) >= 11 is 6.74. The van der Waals surface area contributed by atoms with E-state index in [1.165, 1.54) is 12.1 Å². The monoisotopic (exact) mass is 401 g/mol. The van der Waals surface area contributed by atoms with Crippen LogP contribution in [-0.4, -0.2) is 9.91 Å². The van der Waals surface area contributed by atoms with Crippen LogP contribution in [0, 0.1) is 10.1 Å². The van der Waals surface area contributed by atoms with E-state index in [4.69, 9.17) is 5.84 Å². The van der Waals surface area contributed by atoms with Crippen molar-refractivity contribution in [3.63, 3.8) is 0 Å². The third-order valence-electron chi connectivity index (χ3n) is 2.36. The van der Waals surface area contributed by atoms with Crippen LogP contribution in [0.5, 0.6) is 0 Å². The molecule has 104 valence electrons. The number of nitrogens with zero attached hydrogens (tertiary/aromatic N) is 2. The maximum Gasteiger partial charge on any atom is 0.276 e. The van der Waals surface area contributed by atoms with Gasteiger partial charge in [-0.2, -0.15) is 0 Å². The Hall–Kier alpha value is -1.71. The van der Waals surface area contributed by atoms with E-state index in [9.17, 15) is 10.1 Å². The van der Waals surface area contributed by atoms with Gasteiger partial charge in [-0.25, -0.2) is 10.8 Å². The van der Waals surface area contributed by atoms with E-state index in [0.717, 1.165) is 14.6 Å². The molecule has 0 aliphatic rings. The average molecular weight is 403 g/mol. The normalized spacial score (nSPS) is 10.2. The van der Waals surface area contributed by atoms with Gasteiger partial charge in [0.05, 0.1) is 22.7 Å². The van der Waals surface area contributed by atoms with E-state index in [1.807, 2.05) is 18.2 Å². The number of anilines is 3. The third-order valence-corrected chi connectivity index (χ3v) is 3.54. The van der Waals surface area contributed by atoms with Crippen LogP contribution >= 0.6 is 31.9 Å². The van der Waals surface area contributed by atoms with Gasteiger partial charge in [-0.05, 0) is 34.1 Å². The summed E-state index contributed by atoms with van der Waals surface area (Å²) in [4.78, 5) is 14.5. The van der Waals surface area contributed by atoms with Crippen LogP contribution in [0.3, 0.4) is 0 Å². The van der Waals surface area contributed by atoms with Gasteiger partial charge in [0.15, 0.2) is 0 Å². The topological polar surface area (TPSA) is 106 Å². The molecule has 20 heavy (non-hydrogen) atoms. The number of hydrazine groups is 1. The molecule has 0 radical (unpaired) electrons. The average Bonchev–Trinajstić information content (AvgIpc) is 2.42. The fourth-order valence-corrected chi connectivity index (χ4v) is 2.20. The standard InChI is InChI=1S/C11H9Br2N5O2/c12-6-1-2-8(13)9(3-6)15-10-4-7(18(19)20)5-11(16-10)17-14/h1-5H,14H2,(H2,15,16,17). The van der Waals surface area contributed by atoms with Gasteiger partial charge in [0.1, 0.15) is 11.6 Å². The van der Waals surface area contributed by atoms with Gasteiger partial charge in [-0.15, -0.1) is 0 Å². The van der Waals surface area contributed by atoms with E-state index in [0.29, 0.717) is 5.82 Å². The zero-order chi connectivity index (χ0) is 14.7. The predicted molar refractivity (Wildman–Crippen MR) is 83.8 cm³/mol. The van der Waals surface area contributed by atoms with E-state index >= 15 is 0 Å². The first-order valence-electron chi connectivity index (χ1n) is 5.35. The lowest BCUT2D eigenvalue weighted by atomic mass is 10.3. The van der Waals surface area contributed by atoms with Gasteiger partial charge in [0.2, 0.25) is 0 Å². The fraction of sp³-hybridized carbons (Fsp3) is 0. The van der Waals surface area contributed by atoms with Crippen molar-refractivity contribution in [3.8, 4) is 0 Å². The molecule has 1 heterocycles. The van der Waals surface area contributed by atoms with E-state index in [-0.39, 0.29) is 11.5 Å². The van der Waals surface area contributed by atoms with Crippen molar-refractivity contribution < 1.29 is 4.92 Å². The van der Waals surface area contributed by atoms with Crippen molar-refractivity contribution in [2.24, 2.45) is 5.84 Å². The molecule has 0 atom stereocenters. The second-order valence-corrected chi connectivity index (χ2v) is 5.52. The molecule has 0 saturated carbocycles. The Morgan fingerprint density at radius 2 is 1.90 bits per heavy atom. The van der Waals surface area contributed by atoms with Gasteiger partial charge < -0.3 is 10.7 Å². The van der Waals surface area contributed by atoms with E-state index in [2.05, 4.69) is 47.6 Å². The molecule has 0 saturated heterocycles. The molecular weight excluding hydrogens is 394 g/mol. The molecule has 0 amide bonds. The molecule has 7 nitrogen and oxygen atoms in total. The molecular formula is C11H9Br2N5O2. The summed E-state index contributed by atoms with van der Waals surface area (Å²) in [5.74, 6) is 5.77. The first-order chi connectivity index (χ1) is 9.49. The van der Waals surface area contributed by atoms with E-state index < -0.39 is 4.92 Å². The Morgan fingerprint density at radius 3 is 2.55 bits per heavy atom. The zero-order valence-corrected chi connectivity index (χ0v) is 13.1. The minimum Gasteiger partial charge on any atom is -0.339 e. The number of rotatable bonds is 4. The smallest absolute Gasteiger partial charge is 0.276 e. The van der Waals surface area contributed by atoms with Crippen molar-refractivity contribution in [1.82, 2.24) is 4.98 Å². The van der Waals surface area contributed by atoms with Crippen molar-refractivity contribution >= 4 is 54.9 Å². The van der Waals surface area contributed by atoms with Crippen molar-refractivity contribution in [2.75, 3.05) is 10.7 Å². The Balaban J connectivity index is 2.39. The number of nitrogens with two attached hydrogens (primary N) is 1. The van der Waals surface area contributed by atoms with Gasteiger partial charge >= 0.3 is 0 Å². The molecule has 0 fully saturated rings. The molecule has 0 aliphatic heterocycles. The quantitative estimate of drug-likeness (QED) is 0.410. The van der Waals surface area contributed by atoms with Crippen LogP contribution in [0.15, 0.2) is 39.3 Å². The molecule has 0 spiro atoms. The number of hydrogen-bond acceptors (Lipinski definition) is 6. The molecule has 2 rings (SSSR count). The summed E-state index contributed by atoms with van der Waals surface area (Å²) in [6, 6.07) is 8.10. The van der Waals surface area contributed by atoms with Gasteiger partial charge in [0, 0.05) is 8.95 Å². The zero-order valence-electron chi connectivity index (χ0n) is 9.93. The highest BCUT2D eigenvalue weighted by molar-refractivity contribution is 9.11. The van der Waals surface area contributed by atoms with Crippen LogP contribution in [0.4, 0.5) is 23.0 Å². The highest BCUT2D eigenvalue weighted by atomic mass is 79.9. The lowest BCUT2D eigenvalue weighted by Crippen LogP contribution is -2.10. The molecule has 2 aromatic rings. The van der Waals surface area contributed by atoms with Gasteiger partial charge in [0.25, 0.3) is 5.69 Å². The van der Waals surface area contributed by atoms with Crippen LogP contribution in [0.25, 0.3) is 0 Å². The summed E-state index contributed by atoms with van der Waals surface area (Å²) in [5.41, 5.74) is 2.91. The first kappa shape index (κ1) is 14.7. The molecule has 9 heteroatoms. The van der Waals surface area contributed by atoms with Gasteiger partial charge in [-0.1, -0.05) is 15.9 Å². The lowest BCUT2D eigenvalue weighted by Gasteiger charge is -2.09. The second-order valence-electron chi connectivity index (χ2n) is 3.75. The Labute approximate surface area is 131 Å². The minimum atomic E-state index is -0.510. The number of pyridine rings is 1. The fourth-order valence-electron chi connectivity index (χ4n) is 1.49. The van der Waals surface area contributed by atoms with Gasteiger partial charge in [-0.3, -0.25) is 10.1 Å². The second kappa shape index (κ2) is 6.16. The molecule has 0 unspecified atom stereocenters. The molecule has 0 bridgehead atoms. The van der Waals surface area contributed by atoms with Crippen molar-refractivity contribution in [1.29, 1.82) is 0 Å². The first-order valence-corrected chi connectivity index (χ1v) is 6.93. The molecule has 1 aromatic carbocycles. The maximum atomic E-state index is 10.9. The van der Waals surface area contributed by atoms with Crippen molar-refractivity contribution in [3.05, 3.63) is 49.4 Å². The number of aromatic nitrogens is 1. The van der Waals surface area contributed by atoms with Crippen LogP contribution in [0.2, 0.25) is 0 Å². The lowest BCUT2D eigenvalue weighted by molar-refractivity contribution is -0.384. The largest absolute Gasteiger partial charge is 0.339 e. The third kappa shape index (κ3) is 3.44. The highest BCUT2D eigenvalue weighted by Gasteiger charge is 2.12. The van der Waals surface area contributed by atoms with Crippen LogP contribution in [-0.2, 0) is 0 Å². The Bertz CT molecular complexity index is 665. The SMILES string of the molecule is NNc1cc([N+](=O)[O-])cc(Nc2cc(Br)ccc2Br)n1. The highest BCUT2D eigenvalue weighted by Crippen LogP contribution is 2.30. The molecule has 1 aromatic heterocycles. The summed E-state index contributed by atoms with van der Waals surface area (Å²) in [7, 11) is 0. The Kier molecular flexibility index (Phi) is 4.53. The minimum absolute atomic E-state index is 0.110. The molecule has 0 aliphatic carbocycles. The summed E-state index contributed by atoms with van der Waals surface area (Å²) < 4.78 is 1.67. The predicted octanol–water partition coefficient (Wildman–Crippen LogP) is 3.54. The Morgan fingerprint density at radius 1 is 1.20 bits per heavy atom. The maximum absolute atomic E-state index is 10.9. The summed E-state index contributed by atoms with van der Waals surface area (Å²) in [6.07, 6.45) is 0. The van der Waals surface area contributed by atoms with Crippen LogP contribution in [0.1, 0.15) is 0 Å². The summed E-state index contributed by atoms with van der Waals surface area (Å²) in [6.45, 7) is 0. The number of halogens is 2. The van der Waals surface area contributed by atoms with Crippen LogP contribution < -0.4 is 16.6 Å². The number of hydrogen-bond donors (Lipinski definition) is 3. The van der Waals surface area contributed by atoms with E-state index in [1.54, 1.807) is 0 Å². The number of benzene rings is 1. The summed E-state index contributed by atoms with van der Waals surface area (Å²) in [5, 5.41) is 13.9. The van der Waals surface area contributed by atoms with Crippen molar-refractivity contribution in [2.45, 2.75) is 0 Å². The number of nitrogens with one attached hydrogen (secondary N) is 2. The number of nitrogen functional groups attached to an aromatic ring is 1.